The monoisotopic (exact) mass is 294 g/mol. The quantitative estimate of drug-likeness (QED) is 0.854. The number of hydrogen-bond acceptors (Lipinski definition) is 5. The van der Waals surface area contributed by atoms with Crippen molar-refractivity contribution in [3.8, 4) is 0 Å². The maximum absolute atomic E-state index is 4.43. The van der Waals surface area contributed by atoms with Crippen LogP contribution in [-0.2, 0) is 6.42 Å². The van der Waals surface area contributed by atoms with Crippen molar-refractivity contribution >= 4 is 16.5 Å². The van der Waals surface area contributed by atoms with Gasteiger partial charge in [-0.05, 0) is 39.5 Å². The Bertz CT molecular complexity index is 445. The van der Waals surface area contributed by atoms with Crippen molar-refractivity contribution in [1.29, 1.82) is 0 Å². The van der Waals surface area contributed by atoms with Gasteiger partial charge in [0, 0.05) is 37.6 Å². The average Bonchev–Trinajstić information content (AvgIpc) is 2.94. The lowest BCUT2D eigenvalue weighted by molar-refractivity contribution is 0.158. The molecule has 2 atom stereocenters. The van der Waals surface area contributed by atoms with Crippen molar-refractivity contribution in [3.63, 3.8) is 0 Å². The van der Waals surface area contributed by atoms with Crippen LogP contribution in [-0.4, -0.2) is 46.3 Å². The van der Waals surface area contributed by atoms with E-state index in [0.29, 0.717) is 12.1 Å². The van der Waals surface area contributed by atoms with Crippen LogP contribution in [0.1, 0.15) is 51.5 Å². The molecule has 2 bridgehead atoms. The molecule has 0 spiro atoms. The lowest BCUT2D eigenvalue weighted by Gasteiger charge is -2.32. The van der Waals surface area contributed by atoms with E-state index in [4.69, 9.17) is 0 Å². The Morgan fingerprint density at radius 2 is 2.00 bits per heavy atom. The molecule has 0 saturated carbocycles. The molecule has 2 saturated heterocycles. The predicted molar refractivity (Wildman–Crippen MR) is 84.5 cm³/mol. The van der Waals surface area contributed by atoms with E-state index in [9.17, 15) is 0 Å². The van der Waals surface area contributed by atoms with Crippen molar-refractivity contribution in [3.05, 3.63) is 5.01 Å². The van der Waals surface area contributed by atoms with E-state index in [2.05, 4.69) is 40.8 Å². The summed E-state index contributed by atoms with van der Waals surface area (Å²) >= 11 is 1.80. The van der Waals surface area contributed by atoms with Gasteiger partial charge in [-0.15, -0.1) is 10.2 Å². The highest BCUT2D eigenvalue weighted by atomic mass is 32.1. The molecule has 3 heterocycles. The van der Waals surface area contributed by atoms with E-state index in [0.717, 1.165) is 37.1 Å². The van der Waals surface area contributed by atoms with Gasteiger partial charge >= 0.3 is 0 Å². The molecule has 2 aliphatic rings. The molecule has 0 amide bonds. The maximum Gasteiger partial charge on any atom is 0.208 e. The molecule has 1 aromatic heterocycles. The smallest absolute Gasteiger partial charge is 0.208 e. The van der Waals surface area contributed by atoms with Gasteiger partial charge in [0.15, 0.2) is 0 Å². The molecule has 4 nitrogen and oxygen atoms in total. The summed E-state index contributed by atoms with van der Waals surface area (Å²) in [7, 11) is 0. The number of anilines is 1. The van der Waals surface area contributed by atoms with E-state index in [1.165, 1.54) is 24.3 Å². The highest BCUT2D eigenvalue weighted by Gasteiger charge is 2.38. The second kappa shape index (κ2) is 5.98. The van der Waals surface area contributed by atoms with Crippen LogP contribution in [0.2, 0.25) is 0 Å². The Labute approximate surface area is 126 Å². The number of rotatable bonds is 4. The minimum atomic E-state index is 0.664. The van der Waals surface area contributed by atoms with Crippen LogP contribution in [0, 0.1) is 0 Å². The van der Waals surface area contributed by atoms with Crippen molar-refractivity contribution in [1.82, 2.24) is 15.1 Å². The number of hydrogen-bond donors (Lipinski definition) is 0. The summed E-state index contributed by atoms with van der Waals surface area (Å²) in [5.74, 6) is 0. The van der Waals surface area contributed by atoms with Crippen LogP contribution in [0.25, 0.3) is 0 Å². The first-order valence-corrected chi connectivity index (χ1v) is 8.85. The predicted octanol–water partition coefficient (Wildman–Crippen LogP) is 2.94. The first-order valence-electron chi connectivity index (χ1n) is 8.03. The molecule has 0 aliphatic carbocycles. The summed E-state index contributed by atoms with van der Waals surface area (Å²) in [6.45, 7) is 9.16. The molecular weight excluding hydrogens is 268 g/mol. The molecular formula is C15H26N4S. The molecule has 0 N–H and O–H groups in total. The first kappa shape index (κ1) is 14.3. The van der Waals surface area contributed by atoms with Crippen molar-refractivity contribution in [2.24, 2.45) is 0 Å². The molecule has 0 unspecified atom stereocenters. The third-order valence-corrected chi connectivity index (χ3v) is 5.67. The van der Waals surface area contributed by atoms with Crippen molar-refractivity contribution < 1.29 is 0 Å². The highest BCUT2D eigenvalue weighted by molar-refractivity contribution is 7.15. The van der Waals surface area contributed by atoms with Gasteiger partial charge in [-0.1, -0.05) is 18.3 Å². The summed E-state index contributed by atoms with van der Waals surface area (Å²) < 4.78 is 0. The van der Waals surface area contributed by atoms with Crippen LogP contribution in [0.15, 0.2) is 0 Å². The molecule has 3 rings (SSSR count). The number of aryl methyl sites for hydroxylation is 1. The van der Waals surface area contributed by atoms with Crippen molar-refractivity contribution in [2.45, 2.75) is 71.0 Å². The van der Waals surface area contributed by atoms with Crippen LogP contribution in [0.5, 0.6) is 0 Å². The Kier molecular flexibility index (Phi) is 4.26. The van der Waals surface area contributed by atoms with E-state index in [1.807, 2.05) is 0 Å². The molecule has 0 radical (unpaired) electrons. The molecule has 0 aromatic carbocycles. The number of fused-ring (bicyclic) bond motifs is 2. The van der Waals surface area contributed by atoms with Gasteiger partial charge in [-0.25, -0.2) is 0 Å². The Hall–Kier alpha value is -0.680. The molecule has 112 valence electrons. The second-order valence-corrected chi connectivity index (χ2v) is 7.43. The normalized spacial score (nSPS) is 27.3. The zero-order valence-electron chi connectivity index (χ0n) is 12.9. The fourth-order valence-corrected chi connectivity index (χ4v) is 4.79. The topological polar surface area (TPSA) is 32.3 Å². The molecule has 2 aliphatic heterocycles. The Balaban J connectivity index is 1.73. The molecule has 20 heavy (non-hydrogen) atoms. The van der Waals surface area contributed by atoms with E-state index in [1.54, 1.807) is 11.3 Å². The summed E-state index contributed by atoms with van der Waals surface area (Å²) in [6.07, 6.45) is 6.22. The minimum Gasteiger partial charge on any atom is -0.345 e. The van der Waals surface area contributed by atoms with Gasteiger partial charge < -0.3 is 4.90 Å². The number of nitrogens with zero attached hydrogens (tertiary/aromatic N) is 4. The lowest BCUT2D eigenvalue weighted by Crippen LogP contribution is -2.43. The van der Waals surface area contributed by atoms with Crippen LogP contribution in [0.4, 0.5) is 5.13 Å². The zero-order valence-corrected chi connectivity index (χ0v) is 13.7. The van der Waals surface area contributed by atoms with E-state index >= 15 is 0 Å². The Morgan fingerprint density at radius 1 is 1.20 bits per heavy atom. The van der Waals surface area contributed by atoms with Gasteiger partial charge in [0.2, 0.25) is 5.13 Å². The minimum absolute atomic E-state index is 0.664. The second-order valence-electron chi connectivity index (χ2n) is 6.39. The van der Waals surface area contributed by atoms with Gasteiger partial charge in [0.05, 0.1) is 0 Å². The third kappa shape index (κ3) is 2.70. The van der Waals surface area contributed by atoms with E-state index < -0.39 is 0 Å². The maximum atomic E-state index is 4.43. The zero-order chi connectivity index (χ0) is 14.1. The van der Waals surface area contributed by atoms with Gasteiger partial charge in [0.1, 0.15) is 5.01 Å². The van der Waals surface area contributed by atoms with Crippen LogP contribution < -0.4 is 4.90 Å². The van der Waals surface area contributed by atoms with Gasteiger partial charge in [-0.2, -0.15) is 0 Å². The SMILES string of the molecule is CCCc1nnc(N2CC[C@H]3CC[C@@H](C2)N3C(C)C)s1. The van der Waals surface area contributed by atoms with E-state index in [-0.39, 0.29) is 0 Å². The van der Waals surface area contributed by atoms with Crippen molar-refractivity contribution in [2.75, 3.05) is 18.0 Å². The lowest BCUT2D eigenvalue weighted by atomic mass is 10.1. The average molecular weight is 294 g/mol. The third-order valence-electron chi connectivity index (χ3n) is 4.63. The molecule has 1 aromatic rings. The summed E-state index contributed by atoms with van der Waals surface area (Å²) in [6, 6.07) is 2.16. The first-order chi connectivity index (χ1) is 9.69. The largest absolute Gasteiger partial charge is 0.345 e. The summed E-state index contributed by atoms with van der Waals surface area (Å²) in [4.78, 5) is 5.23. The van der Waals surface area contributed by atoms with Gasteiger partial charge in [-0.3, -0.25) is 4.90 Å². The van der Waals surface area contributed by atoms with Crippen LogP contribution in [0.3, 0.4) is 0 Å². The number of aromatic nitrogens is 2. The standard InChI is InChI=1S/C15H26N4S/c1-4-5-14-16-17-15(20-14)18-9-8-12-6-7-13(10-18)19(12)11(2)3/h11-13H,4-10H2,1-3H3/t12-,13+/m1/s1. The Morgan fingerprint density at radius 3 is 2.75 bits per heavy atom. The van der Waals surface area contributed by atoms with Crippen LogP contribution >= 0.6 is 11.3 Å². The fourth-order valence-electron chi connectivity index (χ4n) is 3.82. The fraction of sp³-hybridized carbons (Fsp3) is 0.867. The summed E-state index contributed by atoms with van der Waals surface area (Å²) in [5.41, 5.74) is 0. The molecule has 5 heteroatoms. The highest BCUT2D eigenvalue weighted by Crippen LogP contribution is 2.34. The molecule has 2 fully saturated rings. The summed E-state index contributed by atoms with van der Waals surface area (Å²) in [5, 5.41) is 11.1. The van der Waals surface area contributed by atoms with Gasteiger partial charge in [0.25, 0.3) is 0 Å².